The Bertz CT molecular complexity index is 9690. The molecule has 0 aliphatic heterocycles. The van der Waals surface area contributed by atoms with E-state index in [4.69, 9.17) is 29.9 Å². The smallest absolute Gasteiger partial charge is 0.160 e. The van der Waals surface area contributed by atoms with E-state index >= 15 is 0 Å². The second-order valence-corrected chi connectivity index (χ2v) is 42.2. The van der Waals surface area contributed by atoms with E-state index in [1.54, 1.807) is 34.0 Å². The van der Waals surface area contributed by atoms with Crippen LogP contribution in [0.4, 0.5) is 0 Å². The molecule has 0 radical (unpaired) electrons. The van der Waals surface area contributed by atoms with Gasteiger partial charge in [-0.2, -0.15) is 0 Å². The summed E-state index contributed by atoms with van der Waals surface area (Å²) in [6.45, 7) is 14.2. The van der Waals surface area contributed by atoms with Crippen molar-refractivity contribution in [2.24, 2.45) is 0 Å². The summed E-state index contributed by atoms with van der Waals surface area (Å²) in [7, 11) is 0. The fourth-order valence-electron chi connectivity index (χ4n) is 23.4. The lowest BCUT2D eigenvalue weighted by Crippen LogP contribution is -2.15. The summed E-state index contributed by atoms with van der Waals surface area (Å²) < 4.78 is 14.3. The SMILES string of the molecule is CC1(C)c2ccccc2-c2c1ccc1c2c2ccccc2n1-c1ccc2c(c1)sc1c(-c3ccccc3)nc(-c3ccccc3)nc12.CC1(C)c2ccccc2-c2cc3c(cc21)c1ccccc1n3-c1ccc2c(c1)sc1c(-c3ccccc3)nc(-c3ccccc3)nc12.CC1(C)c2ccccc2-c2ccc3c(c21)c1ccccc1n3-c1ccc2c(c1)sc1c(-c3ccccc3)nc(-c3ccccc3)nc12. The molecule has 18 aromatic carbocycles. The molecule has 0 N–H and O–H groups in total. The highest BCUT2D eigenvalue weighted by molar-refractivity contribution is 7.27. The number of fused-ring (bicyclic) bond motifs is 29. The molecular weight excluding hydrogens is 1770 g/mol. The number of rotatable bonds is 9. The molecule has 141 heavy (non-hydrogen) atoms. The summed E-state index contributed by atoms with van der Waals surface area (Å²) in [6, 6.07) is 150. The second kappa shape index (κ2) is 31.7. The van der Waals surface area contributed by atoms with Crippen molar-refractivity contribution in [3.05, 3.63) is 452 Å². The van der Waals surface area contributed by atoms with E-state index in [1.165, 1.54) is 146 Å². The van der Waals surface area contributed by atoms with Crippen molar-refractivity contribution in [2.45, 2.75) is 57.8 Å². The summed E-state index contributed by atoms with van der Waals surface area (Å²) >= 11 is 5.35. The van der Waals surface area contributed by atoms with Gasteiger partial charge in [-0.1, -0.05) is 363 Å². The fraction of sp³-hybridized carbons (Fsp3) is 0.0698. The molecule has 666 valence electrons. The van der Waals surface area contributed by atoms with Gasteiger partial charge in [0.25, 0.3) is 0 Å². The first-order chi connectivity index (χ1) is 69.2. The van der Waals surface area contributed by atoms with Crippen LogP contribution in [0.3, 0.4) is 0 Å². The zero-order valence-electron chi connectivity index (χ0n) is 78.1. The van der Waals surface area contributed by atoms with Crippen LogP contribution in [0.1, 0.15) is 74.9 Å². The summed E-state index contributed by atoms with van der Waals surface area (Å²) in [6.07, 6.45) is 0. The number of para-hydroxylation sites is 3. The lowest BCUT2D eigenvalue weighted by Gasteiger charge is -2.22. The first kappa shape index (κ1) is 82.5. The van der Waals surface area contributed by atoms with Gasteiger partial charge in [0.1, 0.15) is 0 Å². The molecule has 0 spiro atoms. The van der Waals surface area contributed by atoms with E-state index in [0.717, 1.165) is 132 Å². The fourth-order valence-corrected chi connectivity index (χ4v) is 27.0. The number of aromatic nitrogens is 9. The van der Waals surface area contributed by atoms with Gasteiger partial charge in [-0.3, -0.25) is 0 Å². The van der Waals surface area contributed by atoms with Crippen molar-refractivity contribution in [3.63, 3.8) is 0 Å². The van der Waals surface area contributed by atoms with E-state index in [-0.39, 0.29) is 16.2 Å². The first-order valence-electron chi connectivity index (χ1n) is 48.3. The second-order valence-electron chi connectivity index (χ2n) is 39.0. The number of hydrogen-bond donors (Lipinski definition) is 0. The summed E-state index contributed by atoms with van der Waals surface area (Å²) in [5.74, 6) is 2.25. The highest BCUT2D eigenvalue weighted by Gasteiger charge is 2.41. The molecule has 0 atom stereocenters. The van der Waals surface area contributed by atoms with Gasteiger partial charge in [-0.25, -0.2) is 29.9 Å². The Balaban J connectivity index is 0.000000104. The Kier molecular flexibility index (Phi) is 18.5. The van der Waals surface area contributed by atoms with Gasteiger partial charge >= 0.3 is 0 Å². The molecule has 9 aromatic heterocycles. The highest BCUT2D eigenvalue weighted by atomic mass is 32.1. The Morgan fingerprint density at radius 1 is 0.206 bits per heavy atom. The quantitative estimate of drug-likeness (QED) is 0.143. The molecule has 30 rings (SSSR count). The van der Waals surface area contributed by atoms with Crippen LogP contribution in [0.5, 0.6) is 0 Å². The zero-order valence-corrected chi connectivity index (χ0v) is 80.5. The highest BCUT2D eigenvalue weighted by Crippen LogP contribution is 2.58. The minimum Gasteiger partial charge on any atom is -0.309 e. The van der Waals surface area contributed by atoms with Crippen LogP contribution in [0.25, 0.3) is 245 Å². The van der Waals surface area contributed by atoms with Crippen molar-refractivity contribution in [3.8, 4) is 118 Å². The topological polar surface area (TPSA) is 92.1 Å². The third-order valence-electron chi connectivity index (χ3n) is 30.0. The Morgan fingerprint density at radius 3 is 0.986 bits per heavy atom. The zero-order chi connectivity index (χ0) is 93.8. The Labute approximate surface area is 825 Å². The van der Waals surface area contributed by atoms with Gasteiger partial charge in [0, 0.05) is 129 Å². The molecule has 9 heterocycles. The maximum Gasteiger partial charge on any atom is 0.160 e. The van der Waals surface area contributed by atoms with Crippen LogP contribution in [0.2, 0.25) is 0 Å². The predicted octanol–water partition coefficient (Wildman–Crippen LogP) is 34.7. The number of benzene rings is 18. The molecular formula is C129H87N9S3. The molecule has 12 heteroatoms. The third-order valence-corrected chi connectivity index (χ3v) is 33.5. The lowest BCUT2D eigenvalue weighted by atomic mass is 9.80. The van der Waals surface area contributed by atoms with Crippen LogP contribution in [-0.4, -0.2) is 43.6 Å². The molecule has 0 fully saturated rings. The van der Waals surface area contributed by atoms with Crippen molar-refractivity contribution in [1.82, 2.24) is 43.6 Å². The molecule has 9 nitrogen and oxygen atoms in total. The Hall–Kier alpha value is -16.7. The molecule has 0 saturated heterocycles. The maximum absolute atomic E-state index is 5.18. The monoisotopic (exact) mass is 1860 g/mol. The van der Waals surface area contributed by atoms with Crippen molar-refractivity contribution >= 4 is 160 Å². The molecule has 0 bridgehead atoms. The van der Waals surface area contributed by atoms with Crippen molar-refractivity contribution in [2.75, 3.05) is 0 Å². The van der Waals surface area contributed by atoms with Gasteiger partial charge in [0.2, 0.25) is 0 Å². The van der Waals surface area contributed by atoms with E-state index < -0.39 is 0 Å². The molecule has 0 unspecified atom stereocenters. The average Bonchev–Trinajstić information content (AvgIpc) is 1.53. The van der Waals surface area contributed by atoms with Crippen LogP contribution in [-0.2, 0) is 16.2 Å². The molecule has 27 aromatic rings. The van der Waals surface area contributed by atoms with Gasteiger partial charge in [0.15, 0.2) is 17.5 Å². The minimum absolute atomic E-state index is 0.0462. The van der Waals surface area contributed by atoms with Crippen LogP contribution >= 0.6 is 34.0 Å². The summed E-state index contributed by atoms with van der Waals surface area (Å²) in [4.78, 5) is 31.0. The molecule has 0 saturated carbocycles. The van der Waals surface area contributed by atoms with Crippen LogP contribution < -0.4 is 0 Å². The number of hydrogen-bond acceptors (Lipinski definition) is 9. The summed E-state index contributed by atoms with van der Waals surface area (Å²) in [5.41, 5.74) is 39.4. The molecule has 0 amide bonds. The van der Waals surface area contributed by atoms with E-state index in [2.05, 4.69) is 419 Å². The van der Waals surface area contributed by atoms with Gasteiger partial charge < -0.3 is 13.7 Å². The summed E-state index contributed by atoms with van der Waals surface area (Å²) in [5, 5.41) is 11.3. The minimum atomic E-state index is -0.0984. The predicted molar refractivity (Wildman–Crippen MR) is 593 cm³/mol. The van der Waals surface area contributed by atoms with Crippen molar-refractivity contribution in [1.29, 1.82) is 0 Å². The van der Waals surface area contributed by atoms with Crippen molar-refractivity contribution < 1.29 is 0 Å². The van der Waals surface area contributed by atoms with E-state index in [1.807, 2.05) is 54.6 Å². The van der Waals surface area contributed by atoms with Gasteiger partial charge in [-0.05, 0) is 164 Å². The maximum atomic E-state index is 5.18. The molecule has 3 aliphatic carbocycles. The van der Waals surface area contributed by atoms with Crippen LogP contribution in [0.15, 0.2) is 419 Å². The number of nitrogens with zero attached hydrogens (tertiary/aromatic N) is 9. The van der Waals surface area contributed by atoms with E-state index in [9.17, 15) is 0 Å². The number of thiophene rings is 3. The van der Waals surface area contributed by atoms with Gasteiger partial charge in [0.05, 0.1) is 80.8 Å². The average molecular weight is 1860 g/mol. The van der Waals surface area contributed by atoms with Gasteiger partial charge in [-0.15, -0.1) is 34.0 Å². The normalized spacial score (nSPS) is 13.5. The Morgan fingerprint density at radius 2 is 0.539 bits per heavy atom. The van der Waals surface area contributed by atoms with Crippen LogP contribution in [0, 0.1) is 0 Å². The first-order valence-corrected chi connectivity index (χ1v) is 50.7. The molecule has 3 aliphatic rings. The third kappa shape index (κ3) is 12.7. The largest absolute Gasteiger partial charge is 0.309 e. The lowest BCUT2D eigenvalue weighted by molar-refractivity contribution is 0.661. The standard InChI is InChI=1S/3C43H29N3S/c1-43(2)34-19-11-9-17-29(34)32-25-37-33(24-35(32)43)30-18-10-12-20-36(30)46(37)28-21-22-31-38(23-28)47-41-39(26-13-5-3-6-14-26)44-42(45-40(31)41)27-15-7-4-8-16-27;1-43(2)33-19-11-9-17-29(33)30-23-24-35-37(38(30)43)31-18-10-12-20-34(31)46(35)28-21-22-32-36(25-28)47-41-39(26-13-5-3-6-14-26)44-42(45-40(32)41)27-15-7-4-8-16-27;1-43(2)32-19-11-9-17-29(32)37-33(43)23-24-35-38(37)30-18-10-12-20-34(30)46(35)28-21-22-31-36(25-28)47-41-39(26-13-5-3-6-14-26)44-42(45-40(31)41)27-15-7-4-8-16-27/h3*3-25H,1-2H3. The van der Waals surface area contributed by atoms with E-state index in [0.29, 0.717) is 0 Å².